The number of ether oxygens (including phenoxy) is 1. The number of aromatic nitrogens is 3. The van der Waals surface area contributed by atoms with Crippen LogP contribution in [-0.4, -0.2) is 83.5 Å². The first kappa shape index (κ1) is 33.1. The molecule has 2 aliphatic rings. The second kappa shape index (κ2) is 13.4. The maximum absolute atomic E-state index is 14.1. The minimum Gasteiger partial charge on any atom is -0.493 e. The monoisotopic (exact) mass is 694 g/mol. The summed E-state index contributed by atoms with van der Waals surface area (Å²) in [6.07, 6.45) is 4.41. The van der Waals surface area contributed by atoms with Gasteiger partial charge in [0.1, 0.15) is 4.88 Å². The van der Waals surface area contributed by atoms with Crippen molar-refractivity contribution in [2.45, 2.75) is 25.8 Å². The smallest absolute Gasteiger partial charge is 0.282 e. The molecular weight excluding hydrogens is 662 g/mol. The summed E-state index contributed by atoms with van der Waals surface area (Å²) >= 11 is 7.41. The van der Waals surface area contributed by atoms with E-state index in [0.717, 1.165) is 16.9 Å². The molecule has 4 aromatic rings. The molecule has 2 N–H and O–H groups in total. The van der Waals surface area contributed by atoms with Crippen molar-refractivity contribution in [1.82, 2.24) is 19.9 Å². The van der Waals surface area contributed by atoms with Crippen LogP contribution in [0.4, 0.5) is 36.9 Å². The molecule has 3 aromatic heterocycles. The number of hydrogen-bond acceptors (Lipinski definition) is 10. The van der Waals surface area contributed by atoms with Gasteiger partial charge < -0.3 is 30.1 Å². The number of methoxy groups -OCH3 is 1. The molecule has 1 atom stereocenters. The fourth-order valence-electron chi connectivity index (χ4n) is 5.69. The van der Waals surface area contributed by atoms with E-state index in [1.807, 2.05) is 36.9 Å². The quantitative estimate of drug-likeness (QED) is 0.196. The molecule has 2 amide bonds. The third-order valence-corrected chi connectivity index (χ3v) is 9.43. The first-order valence-corrected chi connectivity index (χ1v) is 16.3. The molecule has 15 heteroatoms. The third-order valence-electron chi connectivity index (χ3n) is 8.21. The van der Waals surface area contributed by atoms with Crippen LogP contribution < -0.4 is 25.2 Å². The van der Waals surface area contributed by atoms with Crippen molar-refractivity contribution in [3.8, 4) is 17.0 Å². The fourth-order valence-corrected chi connectivity index (χ4v) is 6.67. The molecule has 0 unspecified atom stereocenters. The van der Waals surface area contributed by atoms with E-state index in [1.165, 1.54) is 19.4 Å². The molecule has 0 spiro atoms. The molecule has 2 saturated heterocycles. The minimum absolute atomic E-state index is 0.101. The Balaban J connectivity index is 1.26. The van der Waals surface area contributed by atoms with Crippen LogP contribution in [0.25, 0.3) is 11.3 Å². The summed E-state index contributed by atoms with van der Waals surface area (Å²) in [5.74, 6) is -1.95. The van der Waals surface area contributed by atoms with Gasteiger partial charge in [-0.05, 0) is 49.8 Å². The number of piperazine rings is 1. The van der Waals surface area contributed by atoms with Gasteiger partial charge in [0.2, 0.25) is 5.91 Å². The number of para-hydroxylation sites is 1. The Bertz CT molecular complexity index is 1860. The second-order valence-corrected chi connectivity index (χ2v) is 13.0. The topological polar surface area (TPSA) is 116 Å². The van der Waals surface area contributed by atoms with Gasteiger partial charge in [-0.2, -0.15) is 0 Å². The lowest BCUT2D eigenvalue weighted by Crippen LogP contribution is -2.58. The van der Waals surface area contributed by atoms with Crippen LogP contribution in [0.15, 0.2) is 61.4 Å². The van der Waals surface area contributed by atoms with Gasteiger partial charge >= 0.3 is 0 Å². The molecule has 0 bridgehead atoms. The van der Waals surface area contributed by atoms with Crippen LogP contribution >= 0.6 is 22.9 Å². The maximum atomic E-state index is 14.1. The highest BCUT2D eigenvalue weighted by molar-refractivity contribution is 7.17. The van der Waals surface area contributed by atoms with E-state index in [2.05, 4.69) is 22.2 Å². The van der Waals surface area contributed by atoms with Crippen LogP contribution in [0.2, 0.25) is 5.02 Å². The van der Waals surface area contributed by atoms with Gasteiger partial charge in [0.25, 0.3) is 11.8 Å². The van der Waals surface area contributed by atoms with E-state index in [9.17, 15) is 18.4 Å². The van der Waals surface area contributed by atoms with E-state index in [0.29, 0.717) is 74.7 Å². The van der Waals surface area contributed by atoms with Crippen molar-refractivity contribution in [1.29, 1.82) is 0 Å². The molecular formula is C33H33ClF2N8O3S. The van der Waals surface area contributed by atoms with Crippen molar-refractivity contribution < 1.29 is 23.1 Å². The Morgan fingerprint density at radius 1 is 1.17 bits per heavy atom. The van der Waals surface area contributed by atoms with Crippen LogP contribution in [0.1, 0.15) is 22.2 Å². The van der Waals surface area contributed by atoms with Gasteiger partial charge in [-0.3, -0.25) is 9.59 Å². The highest BCUT2D eigenvalue weighted by Gasteiger charge is 2.45. The number of carbonyl (C=O) groups is 2. The molecule has 250 valence electrons. The average molecular weight is 695 g/mol. The van der Waals surface area contributed by atoms with Crippen molar-refractivity contribution in [2.24, 2.45) is 0 Å². The number of rotatable bonds is 9. The minimum atomic E-state index is -2.79. The normalized spacial score (nSPS) is 17.0. The highest BCUT2D eigenvalue weighted by Crippen LogP contribution is 2.40. The summed E-state index contributed by atoms with van der Waals surface area (Å²) < 4.78 is 33.7. The maximum Gasteiger partial charge on any atom is 0.282 e. The highest BCUT2D eigenvalue weighted by atomic mass is 35.5. The Kier molecular flexibility index (Phi) is 9.21. The molecule has 2 fully saturated rings. The number of amides is 2. The summed E-state index contributed by atoms with van der Waals surface area (Å²) in [6.45, 7) is 7.97. The number of thiazole rings is 1. The fraction of sp³-hybridized carbons (Fsp3) is 0.303. The summed E-state index contributed by atoms with van der Waals surface area (Å²) in [6, 6.07) is 10.6. The number of anilines is 5. The summed E-state index contributed by atoms with van der Waals surface area (Å²) in [4.78, 5) is 44.8. The molecule has 2 aliphatic heterocycles. The molecule has 0 aliphatic carbocycles. The zero-order chi connectivity index (χ0) is 34.2. The lowest BCUT2D eigenvalue weighted by atomic mass is 10.1. The van der Waals surface area contributed by atoms with Crippen molar-refractivity contribution >= 4 is 62.9 Å². The second-order valence-electron chi connectivity index (χ2n) is 11.6. The first-order valence-electron chi connectivity index (χ1n) is 15.1. The zero-order valence-electron chi connectivity index (χ0n) is 26.5. The summed E-state index contributed by atoms with van der Waals surface area (Å²) in [5.41, 5.74) is 3.05. The first-order chi connectivity index (χ1) is 23.0. The number of nitrogens with zero attached hydrogens (tertiary/aromatic N) is 6. The van der Waals surface area contributed by atoms with E-state index in [1.54, 1.807) is 34.2 Å². The average Bonchev–Trinajstić information content (AvgIpc) is 3.53. The Morgan fingerprint density at radius 3 is 2.65 bits per heavy atom. The van der Waals surface area contributed by atoms with Crippen molar-refractivity contribution in [3.05, 3.63) is 76.9 Å². The van der Waals surface area contributed by atoms with Gasteiger partial charge in [-0.25, -0.2) is 23.7 Å². The standard InChI is InChI=1S/C33H33ClF2N8O3S/c1-5-27(45)42-11-12-44(20(3)16-42)30-24(43-17-33(35,36)18-43)13-21(14-37-30)23-9-10-25(47-4)29(39-23)41-32-38-15-26(48-32)31(46)40-28-19(2)7-6-8-22(28)34/h5-10,13-15,20H,1,11-12,16-18H2,2-4H3,(H,40,46)(H,38,39,41)/t20-/m0/s1. The van der Waals surface area contributed by atoms with Gasteiger partial charge in [-0.1, -0.05) is 41.6 Å². The van der Waals surface area contributed by atoms with E-state index in [-0.39, 0.29) is 17.9 Å². The number of hydrogen-bond donors (Lipinski definition) is 2. The molecule has 6 rings (SSSR count). The SMILES string of the molecule is C=CC(=O)N1CCN(c2ncc(-c3ccc(OC)c(Nc4ncc(C(=O)Nc5c(C)cccc5Cl)s4)n3)cc2N2CC(F)(F)C2)[C@@H](C)C1. The lowest BCUT2D eigenvalue weighted by Gasteiger charge is -2.45. The number of aryl methyl sites for hydroxylation is 1. The molecule has 0 radical (unpaired) electrons. The van der Waals surface area contributed by atoms with E-state index < -0.39 is 19.0 Å². The predicted octanol–water partition coefficient (Wildman–Crippen LogP) is 6.24. The molecule has 1 aromatic carbocycles. The zero-order valence-corrected chi connectivity index (χ0v) is 28.0. The third kappa shape index (κ3) is 6.76. The number of carbonyl (C=O) groups excluding carboxylic acids is 2. The van der Waals surface area contributed by atoms with Crippen LogP contribution in [0, 0.1) is 6.92 Å². The molecule has 5 heterocycles. The van der Waals surface area contributed by atoms with Crippen LogP contribution in [0.5, 0.6) is 5.75 Å². The molecule has 0 saturated carbocycles. The van der Waals surface area contributed by atoms with Gasteiger partial charge in [0.15, 0.2) is 22.5 Å². The van der Waals surface area contributed by atoms with Crippen molar-refractivity contribution in [3.63, 3.8) is 0 Å². The Morgan fingerprint density at radius 2 is 1.96 bits per heavy atom. The number of halogens is 3. The van der Waals surface area contributed by atoms with Gasteiger partial charge in [-0.15, -0.1) is 0 Å². The molecule has 48 heavy (non-hydrogen) atoms. The summed E-state index contributed by atoms with van der Waals surface area (Å²) in [5, 5.41) is 6.82. The number of benzene rings is 1. The van der Waals surface area contributed by atoms with Crippen LogP contribution in [0.3, 0.4) is 0 Å². The van der Waals surface area contributed by atoms with Gasteiger partial charge in [0, 0.05) is 37.4 Å². The summed E-state index contributed by atoms with van der Waals surface area (Å²) in [7, 11) is 1.51. The van der Waals surface area contributed by atoms with Crippen LogP contribution in [-0.2, 0) is 4.79 Å². The number of nitrogens with one attached hydrogen (secondary N) is 2. The number of pyridine rings is 2. The molecule has 11 nitrogen and oxygen atoms in total. The van der Waals surface area contributed by atoms with Gasteiger partial charge in [0.05, 0.1) is 48.5 Å². The Hall–Kier alpha value is -4.82. The van der Waals surface area contributed by atoms with Crippen molar-refractivity contribution in [2.75, 3.05) is 60.3 Å². The van der Waals surface area contributed by atoms with E-state index >= 15 is 0 Å². The van der Waals surface area contributed by atoms with E-state index in [4.69, 9.17) is 26.3 Å². The predicted molar refractivity (Wildman–Crippen MR) is 184 cm³/mol. The lowest BCUT2D eigenvalue weighted by molar-refractivity contribution is -0.126. The Labute approximate surface area is 285 Å². The largest absolute Gasteiger partial charge is 0.493 e. The number of alkyl halides is 2.